The molecule has 2 heterocycles. The number of piperidine rings is 1. The van der Waals surface area contributed by atoms with Gasteiger partial charge >= 0.3 is 0 Å². The summed E-state index contributed by atoms with van der Waals surface area (Å²) in [5.74, 6) is 0.142. The molecule has 1 aromatic carbocycles. The SMILES string of the molecule is CCS(=O)(=O)c1ccccc1NC1CC2CCC(C1)N2. The molecular formula is C15H22N2O2S. The number of hydrogen-bond donors (Lipinski definition) is 2. The molecule has 2 unspecified atom stereocenters. The number of fused-ring (bicyclic) bond motifs is 2. The quantitative estimate of drug-likeness (QED) is 0.893. The summed E-state index contributed by atoms with van der Waals surface area (Å²) in [5, 5.41) is 7.08. The summed E-state index contributed by atoms with van der Waals surface area (Å²) in [6, 6.07) is 8.85. The number of anilines is 1. The van der Waals surface area contributed by atoms with E-state index in [4.69, 9.17) is 0 Å². The standard InChI is InChI=1S/C15H22N2O2S/c1-2-20(18,19)15-6-4-3-5-14(15)17-13-9-11-7-8-12(10-13)16-11/h3-6,11-13,16-17H,2,7-10H2,1H3. The van der Waals surface area contributed by atoms with Crippen LogP contribution in [0.4, 0.5) is 5.69 Å². The van der Waals surface area contributed by atoms with E-state index in [9.17, 15) is 8.42 Å². The average Bonchev–Trinajstić information content (AvgIpc) is 2.78. The van der Waals surface area contributed by atoms with Gasteiger partial charge in [-0.05, 0) is 37.8 Å². The molecule has 2 fully saturated rings. The van der Waals surface area contributed by atoms with Crippen molar-refractivity contribution in [3.05, 3.63) is 24.3 Å². The largest absolute Gasteiger partial charge is 0.381 e. The van der Waals surface area contributed by atoms with Gasteiger partial charge in [0.05, 0.1) is 16.3 Å². The zero-order valence-electron chi connectivity index (χ0n) is 11.8. The van der Waals surface area contributed by atoms with E-state index in [1.807, 2.05) is 12.1 Å². The molecule has 1 aromatic rings. The number of rotatable bonds is 4. The molecule has 0 aliphatic carbocycles. The Balaban J connectivity index is 1.81. The minimum atomic E-state index is -3.17. The molecule has 0 radical (unpaired) electrons. The molecular weight excluding hydrogens is 272 g/mol. The smallest absolute Gasteiger partial charge is 0.180 e. The first-order valence-corrected chi connectivity index (χ1v) is 9.08. The van der Waals surface area contributed by atoms with Gasteiger partial charge in [-0.15, -0.1) is 0 Å². The number of nitrogens with one attached hydrogen (secondary N) is 2. The first-order chi connectivity index (χ1) is 9.58. The number of benzene rings is 1. The Hall–Kier alpha value is -1.07. The van der Waals surface area contributed by atoms with E-state index in [2.05, 4.69) is 10.6 Å². The van der Waals surface area contributed by atoms with Gasteiger partial charge in [-0.1, -0.05) is 19.1 Å². The highest BCUT2D eigenvalue weighted by Gasteiger charge is 2.33. The fraction of sp³-hybridized carbons (Fsp3) is 0.600. The Morgan fingerprint density at radius 1 is 1.20 bits per heavy atom. The maximum absolute atomic E-state index is 12.2. The van der Waals surface area contributed by atoms with E-state index in [1.54, 1.807) is 19.1 Å². The van der Waals surface area contributed by atoms with Crippen LogP contribution in [0.25, 0.3) is 0 Å². The van der Waals surface area contributed by atoms with E-state index in [1.165, 1.54) is 12.8 Å². The zero-order valence-corrected chi connectivity index (χ0v) is 12.6. The van der Waals surface area contributed by atoms with Crippen molar-refractivity contribution in [3.63, 3.8) is 0 Å². The third-order valence-corrected chi connectivity index (χ3v) is 6.22. The van der Waals surface area contributed by atoms with Gasteiger partial charge in [0.15, 0.2) is 9.84 Å². The monoisotopic (exact) mass is 294 g/mol. The molecule has 4 nitrogen and oxygen atoms in total. The fourth-order valence-electron chi connectivity index (χ4n) is 3.41. The normalized spacial score (nSPS) is 29.4. The highest BCUT2D eigenvalue weighted by Crippen LogP contribution is 2.30. The van der Waals surface area contributed by atoms with Gasteiger partial charge < -0.3 is 10.6 Å². The molecule has 0 aromatic heterocycles. The molecule has 110 valence electrons. The third kappa shape index (κ3) is 2.69. The van der Waals surface area contributed by atoms with Crippen molar-refractivity contribution in [2.45, 2.75) is 55.6 Å². The van der Waals surface area contributed by atoms with Crippen molar-refractivity contribution >= 4 is 15.5 Å². The van der Waals surface area contributed by atoms with Gasteiger partial charge in [0, 0.05) is 18.1 Å². The summed E-state index contributed by atoms with van der Waals surface area (Å²) in [7, 11) is -3.17. The molecule has 0 amide bonds. The minimum absolute atomic E-state index is 0.142. The molecule has 0 spiro atoms. The van der Waals surface area contributed by atoms with Gasteiger partial charge in [-0.2, -0.15) is 0 Å². The van der Waals surface area contributed by atoms with E-state index in [-0.39, 0.29) is 5.75 Å². The van der Waals surface area contributed by atoms with Crippen LogP contribution in [0.1, 0.15) is 32.6 Å². The number of hydrogen-bond acceptors (Lipinski definition) is 4. The van der Waals surface area contributed by atoms with Gasteiger partial charge in [-0.3, -0.25) is 0 Å². The van der Waals surface area contributed by atoms with Crippen molar-refractivity contribution in [3.8, 4) is 0 Å². The van der Waals surface area contributed by atoms with E-state index in [0.29, 0.717) is 23.0 Å². The van der Waals surface area contributed by atoms with Crippen LogP contribution in [-0.4, -0.2) is 32.3 Å². The lowest BCUT2D eigenvalue weighted by Crippen LogP contribution is -2.43. The average molecular weight is 294 g/mol. The Morgan fingerprint density at radius 3 is 2.50 bits per heavy atom. The van der Waals surface area contributed by atoms with Crippen LogP contribution < -0.4 is 10.6 Å². The molecule has 2 aliphatic rings. The van der Waals surface area contributed by atoms with Gasteiger partial charge in [0.25, 0.3) is 0 Å². The van der Waals surface area contributed by atoms with E-state index in [0.717, 1.165) is 18.5 Å². The van der Waals surface area contributed by atoms with E-state index < -0.39 is 9.84 Å². The summed E-state index contributed by atoms with van der Waals surface area (Å²) in [6.45, 7) is 1.69. The summed E-state index contributed by atoms with van der Waals surface area (Å²) < 4.78 is 24.3. The molecule has 2 aliphatic heterocycles. The van der Waals surface area contributed by atoms with Crippen LogP contribution in [0, 0.1) is 0 Å². The fourth-order valence-corrected chi connectivity index (χ4v) is 4.47. The summed E-state index contributed by atoms with van der Waals surface area (Å²) in [4.78, 5) is 0.438. The second-order valence-electron chi connectivity index (χ2n) is 5.85. The second kappa shape index (κ2) is 5.37. The highest BCUT2D eigenvalue weighted by molar-refractivity contribution is 7.91. The lowest BCUT2D eigenvalue weighted by molar-refractivity contribution is 0.378. The van der Waals surface area contributed by atoms with E-state index >= 15 is 0 Å². The maximum Gasteiger partial charge on any atom is 0.180 e. The van der Waals surface area contributed by atoms with Gasteiger partial charge in [0.1, 0.15) is 0 Å². The van der Waals surface area contributed by atoms with Crippen LogP contribution in [-0.2, 0) is 9.84 Å². The minimum Gasteiger partial charge on any atom is -0.381 e. The summed E-state index contributed by atoms with van der Waals surface area (Å²) in [5.41, 5.74) is 0.764. The van der Waals surface area contributed by atoms with Gasteiger partial charge in [0.2, 0.25) is 0 Å². The first-order valence-electron chi connectivity index (χ1n) is 7.43. The molecule has 0 saturated carbocycles. The summed E-state index contributed by atoms with van der Waals surface area (Å²) >= 11 is 0. The van der Waals surface area contributed by atoms with Crippen LogP contribution in [0.15, 0.2) is 29.2 Å². The number of sulfone groups is 1. The van der Waals surface area contributed by atoms with Crippen LogP contribution in [0.2, 0.25) is 0 Å². The topological polar surface area (TPSA) is 58.2 Å². The summed E-state index contributed by atoms with van der Waals surface area (Å²) in [6.07, 6.45) is 4.66. The Kier molecular flexibility index (Phi) is 3.73. The van der Waals surface area contributed by atoms with Crippen LogP contribution in [0.5, 0.6) is 0 Å². The molecule has 2 atom stereocenters. The molecule has 2 N–H and O–H groups in total. The lowest BCUT2D eigenvalue weighted by Gasteiger charge is -2.31. The predicted molar refractivity (Wildman–Crippen MR) is 80.8 cm³/mol. The van der Waals surface area contributed by atoms with Crippen molar-refractivity contribution in [2.75, 3.05) is 11.1 Å². The predicted octanol–water partition coefficient (Wildman–Crippen LogP) is 2.18. The van der Waals surface area contributed by atoms with Crippen LogP contribution in [0.3, 0.4) is 0 Å². The number of para-hydroxylation sites is 1. The lowest BCUT2D eigenvalue weighted by atomic mass is 9.99. The molecule has 3 rings (SSSR count). The van der Waals surface area contributed by atoms with Crippen LogP contribution >= 0.6 is 0 Å². The molecule has 2 saturated heterocycles. The van der Waals surface area contributed by atoms with Crippen molar-refractivity contribution in [1.29, 1.82) is 0 Å². The van der Waals surface area contributed by atoms with Crippen molar-refractivity contribution in [1.82, 2.24) is 5.32 Å². The van der Waals surface area contributed by atoms with Gasteiger partial charge in [-0.25, -0.2) is 8.42 Å². The molecule has 2 bridgehead atoms. The molecule has 20 heavy (non-hydrogen) atoms. The zero-order chi connectivity index (χ0) is 14.2. The van der Waals surface area contributed by atoms with Crippen molar-refractivity contribution < 1.29 is 8.42 Å². The Morgan fingerprint density at radius 2 is 1.85 bits per heavy atom. The first kappa shape index (κ1) is 13.9. The highest BCUT2D eigenvalue weighted by atomic mass is 32.2. The maximum atomic E-state index is 12.2. The third-order valence-electron chi connectivity index (χ3n) is 4.43. The molecule has 5 heteroatoms. The Bertz CT molecular complexity index is 573. The van der Waals surface area contributed by atoms with Crippen molar-refractivity contribution in [2.24, 2.45) is 0 Å². The second-order valence-corrected chi connectivity index (χ2v) is 8.10. The Labute approximate surface area is 120 Å².